The van der Waals surface area contributed by atoms with Gasteiger partial charge in [0.25, 0.3) is 5.91 Å². The normalized spacial score (nSPS) is 11.6. The molecule has 0 spiro atoms. The van der Waals surface area contributed by atoms with Crippen LogP contribution in [0.15, 0.2) is 40.9 Å². The quantitative estimate of drug-likeness (QED) is 0.700. The average Bonchev–Trinajstić information content (AvgIpc) is 2.67. The van der Waals surface area contributed by atoms with E-state index in [0.717, 1.165) is 26.7 Å². The van der Waals surface area contributed by atoms with Crippen molar-refractivity contribution in [3.63, 3.8) is 0 Å². The first kappa shape index (κ1) is 22.0. The molecule has 6 heteroatoms. The number of nitrogens with one attached hydrogen (secondary N) is 1. The SMILES string of the molecule is CNC(=O)[C@@H](C)N(Cc1ccc(Br)cc1)C(=O)COc1cc(C)cc(C)c1C. The fourth-order valence-corrected chi connectivity index (χ4v) is 3.22. The lowest BCUT2D eigenvalue weighted by Crippen LogP contribution is -2.48. The Morgan fingerprint density at radius 1 is 1.14 bits per heavy atom. The second-order valence-corrected chi connectivity index (χ2v) is 7.85. The molecule has 5 nitrogen and oxygen atoms in total. The Labute approximate surface area is 175 Å². The van der Waals surface area contributed by atoms with Crippen LogP contribution in [0.4, 0.5) is 0 Å². The Morgan fingerprint density at radius 3 is 2.39 bits per heavy atom. The van der Waals surface area contributed by atoms with Crippen LogP contribution in [0.25, 0.3) is 0 Å². The van der Waals surface area contributed by atoms with E-state index in [-0.39, 0.29) is 18.4 Å². The maximum absolute atomic E-state index is 12.9. The van der Waals surface area contributed by atoms with Crippen LogP contribution in [-0.4, -0.2) is 36.4 Å². The molecule has 0 saturated carbocycles. The van der Waals surface area contributed by atoms with Crippen LogP contribution in [0.3, 0.4) is 0 Å². The van der Waals surface area contributed by atoms with E-state index in [1.807, 2.05) is 51.1 Å². The second kappa shape index (κ2) is 9.73. The Balaban J connectivity index is 2.18. The molecule has 0 aliphatic carbocycles. The molecule has 0 aliphatic rings. The zero-order chi connectivity index (χ0) is 20.8. The summed E-state index contributed by atoms with van der Waals surface area (Å²) in [7, 11) is 1.57. The van der Waals surface area contributed by atoms with Crippen molar-refractivity contribution in [2.45, 2.75) is 40.3 Å². The minimum atomic E-state index is -0.606. The van der Waals surface area contributed by atoms with Crippen molar-refractivity contribution in [3.8, 4) is 5.75 Å². The van der Waals surface area contributed by atoms with E-state index in [2.05, 4.69) is 27.3 Å². The van der Waals surface area contributed by atoms with Gasteiger partial charge in [-0.1, -0.05) is 34.1 Å². The van der Waals surface area contributed by atoms with Crippen molar-refractivity contribution >= 4 is 27.7 Å². The van der Waals surface area contributed by atoms with Gasteiger partial charge in [0.1, 0.15) is 11.8 Å². The molecule has 0 saturated heterocycles. The van der Waals surface area contributed by atoms with Crippen LogP contribution in [0, 0.1) is 20.8 Å². The average molecular weight is 447 g/mol. The number of hydrogen-bond donors (Lipinski definition) is 1. The lowest BCUT2D eigenvalue weighted by atomic mass is 10.1. The zero-order valence-corrected chi connectivity index (χ0v) is 18.6. The molecule has 0 radical (unpaired) electrons. The molecule has 0 fully saturated rings. The fourth-order valence-electron chi connectivity index (χ4n) is 2.95. The molecule has 1 N–H and O–H groups in total. The van der Waals surface area contributed by atoms with Crippen LogP contribution in [0.2, 0.25) is 0 Å². The number of nitrogens with zero attached hydrogens (tertiary/aromatic N) is 1. The first-order valence-electron chi connectivity index (χ1n) is 9.19. The summed E-state index contributed by atoms with van der Waals surface area (Å²) in [5.74, 6) is 0.243. The number of halogens is 1. The molecule has 2 aromatic rings. The number of likely N-dealkylation sites (N-methyl/N-ethyl adjacent to an activating group) is 1. The number of rotatable bonds is 7. The number of ether oxygens (including phenoxy) is 1. The van der Waals surface area contributed by atoms with Gasteiger partial charge in [-0.25, -0.2) is 0 Å². The standard InChI is InChI=1S/C22H27BrN2O3/c1-14-10-15(2)16(3)20(11-14)28-13-21(26)25(17(4)22(27)24-5)12-18-6-8-19(23)9-7-18/h6-11,17H,12-13H2,1-5H3,(H,24,27)/t17-/m1/s1. The van der Waals surface area contributed by atoms with Gasteiger partial charge in [0.2, 0.25) is 5.91 Å². The van der Waals surface area contributed by atoms with Crippen LogP contribution < -0.4 is 10.1 Å². The van der Waals surface area contributed by atoms with Crippen molar-refractivity contribution in [1.29, 1.82) is 0 Å². The number of carbonyl (C=O) groups is 2. The highest BCUT2D eigenvalue weighted by Crippen LogP contribution is 2.23. The molecule has 0 unspecified atom stereocenters. The molecular formula is C22H27BrN2O3. The Bertz CT molecular complexity index is 850. The summed E-state index contributed by atoms with van der Waals surface area (Å²) in [6.45, 7) is 7.91. The summed E-state index contributed by atoms with van der Waals surface area (Å²) >= 11 is 3.41. The first-order valence-corrected chi connectivity index (χ1v) is 9.98. The van der Waals surface area contributed by atoms with Gasteiger partial charge in [0.15, 0.2) is 6.61 Å². The van der Waals surface area contributed by atoms with Crippen molar-refractivity contribution in [2.75, 3.05) is 13.7 Å². The highest BCUT2D eigenvalue weighted by molar-refractivity contribution is 9.10. The van der Waals surface area contributed by atoms with Crippen molar-refractivity contribution in [3.05, 3.63) is 63.1 Å². The Morgan fingerprint density at radius 2 is 1.79 bits per heavy atom. The van der Waals surface area contributed by atoms with Crippen LogP contribution in [0.5, 0.6) is 5.75 Å². The van der Waals surface area contributed by atoms with Gasteiger partial charge in [0.05, 0.1) is 0 Å². The predicted octanol–water partition coefficient (Wildman–Crippen LogP) is 3.92. The van der Waals surface area contributed by atoms with E-state index in [9.17, 15) is 9.59 Å². The second-order valence-electron chi connectivity index (χ2n) is 6.93. The zero-order valence-electron chi connectivity index (χ0n) is 17.0. The molecule has 2 aromatic carbocycles. The smallest absolute Gasteiger partial charge is 0.261 e. The van der Waals surface area contributed by atoms with Crippen molar-refractivity contribution in [1.82, 2.24) is 10.2 Å². The van der Waals surface area contributed by atoms with Crippen LogP contribution >= 0.6 is 15.9 Å². The molecule has 28 heavy (non-hydrogen) atoms. The third-order valence-corrected chi connectivity index (χ3v) is 5.32. The summed E-state index contributed by atoms with van der Waals surface area (Å²) in [6, 6.07) is 11.1. The van der Waals surface area contributed by atoms with Gasteiger partial charge >= 0.3 is 0 Å². The van der Waals surface area contributed by atoms with Crippen molar-refractivity contribution in [2.24, 2.45) is 0 Å². The van der Waals surface area contributed by atoms with E-state index in [1.165, 1.54) is 0 Å². The molecule has 0 aliphatic heterocycles. The lowest BCUT2D eigenvalue weighted by molar-refractivity contribution is -0.142. The molecule has 0 bridgehead atoms. The van der Waals surface area contributed by atoms with Gasteiger partial charge in [-0.05, 0) is 68.1 Å². The van der Waals surface area contributed by atoms with E-state index < -0.39 is 6.04 Å². The number of aryl methyl sites for hydroxylation is 2. The topological polar surface area (TPSA) is 58.6 Å². The van der Waals surface area contributed by atoms with E-state index >= 15 is 0 Å². The maximum Gasteiger partial charge on any atom is 0.261 e. The number of amides is 2. The van der Waals surface area contributed by atoms with Crippen LogP contribution in [0.1, 0.15) is 29.2 Å². The maximum atomic E-state index is 12.9. The summed E-state index contributed by atoms with van der Waals surface area (Å²) in [6.07, 6.45) is 0. The van der Waals surface area contributed by atoms with Gasteiger partial charge in [-0.2, -0.15) is 0 Å². The van der Waals surface area contributed by atoms with E-state index in [0.29, 0.717) is 12.3 Å². The summed E-state index contributed by atoms with van der Waals surface area (Å²) < 4.78 is 6.79. The molecule has 1 atom stereocenters. The molecule has 2 rings (SSSR count). The highest BCUT2D eigenvalue weighted by atomic mass is 79.9. The van der Waals surface area contributed by atoms with Crippen LogP contribution in [-0.2, 0) is 16.1 Å². The molecule has 150 valence electrons. The van der Waals surface area contributed by atoms with E-state index in [4.69, 9.17) is 4.74 Å². The molecule has 0 heterocycles. The lowest BCUT2D eigenvalue weighted by Gasteiger charge is -2.28. The first-order chi connectivity index (χ1) is 13.2. The Hall–Kier alpha value is -2.34. The minimum absolute atomic E-state index is 0.123. The van der Waals surface area contributed by atoms with Gasteiger partial charge in [-0.3, -0.25) is 9.59 Å². The summed E-state index contributed by atoms with van der Waals surface area (Å²) in [4.78, 5) is 26.7. The monoisotopic (exact) mass is 446 g/mol. The minimum Gasteiger partial charge on any atom is -0.483 e. The number of carbonyl (C=O) groups excluding carboxylic acids is 2. The van der Waals surface area contributed by atoms with Gasteiger partial charge < -0.3 is 15.0 Å². The number of hydrogen-bond acceptors (Lipinski definition) is 3. The van der Waals surface area contributed by atoms with Gasteiger partial charge in [-0.15, -0.1) is 0 Å². The highest BCUT2D eigenvalue weighted by Gasteiger charge is 2.26. The largest absolute Gasteiger partial charge is 0.483 e. The predicted molar refractivity (Wildman–Crippen MR) is 114 cm³/mol. The third-order valence-electron chi connectivity index (χ3n) is 4.80. The van der Waals surface area contributed by atoms with Gasteiger partial charge in [0, 0.05) is 18.1 Å². The third kappa shape index (κ3) is 5.58. The summed E-state index contributed by atoms with van der Waals surface area (Å²) in [5, 5.41) is 2.61. The molecular weight excluding hydrogens is 420 g/mol. The molecule has 2 amide bonds. The fraction of sp³-hybridized carbons (Fsp3) is 0.364. The number of benzene rings is 2. The Kier molecular flexibility index (Phi) is 7.63. The molecule has 0 aromatic heterocycles. The summed E-state index contributed by atoms with van der Waals surface area (Å²) in [5.41, 5.74) is 4.15. The van der Waals surface area contributed by atoms with E-state index in [1.54, 1.807) is 18.9 Å². The van der Waals surface area contributed by atoms with Crippen molar-refractivity contribution < 1.29 is 14.3 Å².